The second kappa shape index (κ2) is 21.6. The first-order chi connectivity index (χ1) is 33.1. The lowest BCUT2D eigenvalue weighted by Crippen LogP contribution is -2.54. The Morgan fingerprint density at radius 1 is 1.09 bits per heavy atom. The number of esters is 1. The summed E-state index contributed by atoms with van der Waals surface area (Å²) in [6, 6.07) is 7.06. The Morgan fingerprint density at radius 2 is 1.86 bits per heavy atom. The molecule has 366 valence electrons. The molecule has 2 aromatic heterocycles. The largest absolute Gasteiger partial charge is 0.458 e. The number of aliphatic hydroxyl groups is 1. The number of cyclic esters (lactones) is 1. The third-order valence-corrected chi connectivity index (χ3v) is 13.0. The fraction of sp³-hybridized carbons (Fsp3) is 0.479. The van der Waals surface area contributed by atoms with Gasteiger partial charge in [-0.15, -0.1) is 0 Å². The molecule has 4 aromatic rings. The maximum Gasteiger partial charge on any atom is 0.407 e. The number of rotatable bonds is 20. The number of amides is 4. The smallest absolute Gasteiger partial charge is 0.407 e. The van der Waals surface area contributed by atoms with Gasteiger partial charge in [-0.1, -0.05) is 38.0 Å². The molecule has 2 aromatic carbocycles. The molecule has 0 saturated carbocycles. The van der Waals surface area contributed by atoms with E-state index in [1.807, 2.05) is 0 Å². The number of hydrogen-bond donors (Lipinski definition) is 6. The molecule has 0 bridgehead atoms. The normalized spacial score (nSPS) is 17.4. The quantitative estimate of drug-likeness (QED) is 0.0201. The average molecular weight is 953 g/mol. The Hall–Kier alpha value is -6.93. The molecular formula is C48H57FN10O10. The molecule has 20 nitrogen and oxygen atoms in total. The number of nitrogens with zero attached hydrogens (tertiary/aromatic N) is 5. The van der Waals surface area contributed by atoms with Gasteiger partial charge in [-0.05, 0) is 104 Å². The van der Waals surface area contributed by atoms with E-state index in [1.165, 1.54) is 10.6 Å². The van der Waals surface area contributed by atoms with Crippen LogP contribution in [-0.4, -0.2) is 82.8 Å². The van der Waals surface area contributed by atoms with E-state index in [4.69, 9.17) is 30.5 Å². The van der Waals surface area contributed by atoms with Gasteiger partial charge in [0.25, 0.3) is 5.56 Å². The van der Waals surface area contributed by atoms with Crippen molar-refractivity contribution in [1.29, 1.82) is 0 Å². The molecule has 69 heavy (non-hydrogen) atoms. The van der Waals surface area contributed by atoms with E-state index >= 15 is 4.39 Å². The maximum absolute atomic E-state index is 15.4. The number of aromatic nitrogens is 2. The molecule has 2 aliphatic heterocycles. The zero-order valence-corrected chi connectivity index (χ0v) is 39.0. The summed E-state index contributed by atoms with van der Waals surface area (Å²) in [7, 11) is 0. The van der Waals surface area contributed by atoms with Crippen LogP contribution in [0.4, 0.5) is 14.9 Å². The molecule has 0 fully saturated rings. The van der Waals surface area contributed by atoms with Gasteiger partial charge < -0.3 is 50.9 Å². The molecule has 1 aliphatic carbocycles. The highest BCUT2D eigenvalue weighted by molar-refractivity contribution is 5.98. The van der Waals surface area contributed by atoms with Crippen LogP contribution in [-0.2, 0) is 65.2 Å². The predicted molar refractivity (Wildman–Crippen MR) is 250 cm³/mol. The van der Waals surface area contributed by atoms with Crippen molar-refractivity contribution in [3.8, 4) is 11.4 Å². The van der Waals surface area contributed by atoms with Crippen molar-refractivity contribution in [2.24, 2.45) is 16.8 Å². The lowest BCUT2D eigenvalue weighted by atomic mass is 9.81. The number of halogens is 1. The molecule has 4 heterocycles. The van der Waals surface area contributed by atoms with Gasteiger partial charge in [0.15, 0.2) is 5.60 Å². The van der Waals surface area contributed by atoms with Crippen molar-refractivity contribution in [3.63, 3.8) is 0 Å². The second-order valence-corrected chi connectivity index (χ2v) is 17.8. The molecule has 21 heteroatoms. The fourth-order valence-corrected chi connectivity index (χ4v) is 9.17. The Labute approximate surface area is 396 Å². The predicted octanol–water partition coefficient (Wildman–Crippen LogP) is 4.85. The highest BCUT2D eigenvalue weighted by atomic mass is 19.1. The molecule has 0 saturated heterocycles. The number of pyridine rings is 2. The van der Waals surface area contributed by atoms with Crippen molar-refractivity contribution in [2.45, 2.75) is 116 Å². The zero-order chi connectivity index (χ0) is 49.6. The molecule has 7 N–H and O–H groups in total. The number of hydrogen-bond acceptors (Lipinski definition) is 13. The van der Waals surface area contributed by atoms with Gasteiger partial charge in [0.05, 0.1) is 48.3 Å². The average Bonchev–Trinajstić information content (AvgIpc) is 3.70. The number of alkyl carbamates (subject to hydrolysis) is 1. The Kier molecular flexibility index (Phi) is 15.6. The lowest BCUT2D eigenvalue weighted by molar-refractivity contribution is -0.172. The van der Waals surface area contributed by atoms with Crippen LogP contribution >= 0.6 is 0 Å². The zero-order valence-electron chi connectivity index (χ0n) is 39.0. The number of nitrogens with two attached hydrogens (primary N) is 1. The number of carbonyl (C=O) groups is 5. The van der Waals surface area contributed by atoms with E-state index in [0.717, 1.165) is 5.56 Å². The summed E-state index contributed by atoms with van der Waals surface area (Å²) >= 11 is 0. The van der Waals surface area contributed by atoms with E-state index in [-0.39, 0.29) is 69.4 Å². The number of benzene rings is 2. The third-order valence-electron chi connectivity index (χ3n) is 13.0. The van der Waals surface area contributed by atoms with Crippen LogP contribution in [0.15, 0.2) is 46.3 Å². The van der Waals surface area contributed by atoms with Crippen LogP contribution in [0.1, 0.15) is 104 Å². The van der Waals surface area contributed by atoms with E-state index in [0.29, 0.717) is 88.9 Å². The summed E-state index contributed by atoms with van der Waals surface area (Å²) in [4.78, 5) is 87.5. The summed E-state index contributed by atoms with van der Waals surface area (Å²) in [5.41, 5.74) is 16.6. The number of carbonyl (C=O) groups excluding carboxylic acids is 5. The fourth-order valence-electron chi connectivity index (χ4n) is 9.17. The van der Waals surface area contributed by atoms with Gasteiger partial charge in [-0.3, -0.25) is 19.2 Å². The number of nitrogens with one attached hydrogen (secondary N) is 4. The van der Waals surface area contributed by atoms with Crippen molar-refractivity contribution >= 4 is 46.4 Å². The Bertz CT molecular complexity index is 2780. The van der Waals surface area contributed by atoms with Gasteiger partial charge in [-0.2, -0.15) is 0 Å². The van der Waals surface area contributed by atoms with E-state index in [1.54, 1.807) is 58.0 Å². The minimum absolute atomic E-state index is 0.0227. The molecule has 4 atom stereocenters. The number of aryl methyl sites for hydroxylation is 1. The lowest BCUT2D eigenvalue weighted by Gasteiger charge is -2.31. The topological polar surface area (TPSA) is 291 Å². The van der Waals surface area contributed by atoms with Crippen LogP contribution in [0.3, 0.4) is 0 Å². The van der Waals surface area contributed by atoms with E-state index < -0.39 is 64.9 Å². The highest BCUT2D eigenvalue weighted by Crippen LogP contribution is 2.46. The SMILES string of the molecule is CC[C@@]1(O)C(=O)OCc2c1cc1n(c2=O)Cc2c-1nc1cc(F)c(C)c3c1c2[C@@H](NC(=O)OCc1ccc(NC(=O)[C@H](CCCCN)NC(=O)[C@@H](NC(=O)CCOCCN=[N+]=[N-])C(C)C)cc1)CC3. The molecule has 4 amide bonds. The van der Waals surface area contributed by atoms with Gasteiger partial charge >= 0.3 is 12.1 Å². The number of ether oxygens (including phenoxy) is 3. The van der Waals surface area contributed by atoms with Gasteiger partial charge in [0, 0.05) is 46.1 Å². The number of anilines is 1. The van der Waals surface area contributed by atoms with Gasteiger partial charge in [0.2, 0.25) is 17.7 Å². The first kappa shape index (κ1) is 50.0. The molecule has 7 rings (SSSR count). The van der Waals surface area contributed by atoms with Crippen LogP contribution in [0, 0.1) is 18.7 Å². The van der Waals surface area contributed by atoms with Crippen molar-refractivity contribution in [2.75, 3.05) is 31.6 Å². The maximum atomic E-state index is 15.4. The number of unbranched alkanes of at least 4 members (excludes halogenated alkanes) is 1. The van der Waals surface area contributed by atoms with Crippen LogP contribution in [0.25, 0.3) is 32.7 Å². The molecule has 0 radical (unpaired) electrons. The monoisotopic (exact) mass is 952 g/mol. The van der Waals surface area contributed by atoms with Gasteiger partial charge in [0.1, 0.15) is 31.1 Å². The summed E-state index contributed by atoms with van der Waals surface area (Å²) in [5, 5.41) is 26.8. The first-order valence-corrected chi connectivity index (χ1v) is 23.1. The standard InChI is InChI=1S/C48H57FN10O10/c1-5-48(66)32-20-37-42-30(22-59(37)45(63)31(32)24-68-46(48)64)40-34(14-13-29-26(4)33(49)21-36(54-42)39(29)40)56-47(65)69-23-27-9-11-28(12-10-27)53-43(61)35(8-6-7-16-50)55-44(62)41(25(2)3)57-38(60)15-18-67-19-17-52-58-51/h9-12,20-21,25,34-35,41,66H,5-8,13-19,22-24,50H2,1-4H3,(H,53,61)(H,55,62)(H,56,65)(H,57,60)/t34-,35-,41-,48-/m0/s1. The molecule has 0 spiro atoms. The minimum atomic E-state index is -2.03. The number of fused-ring (bicyclic) bond motifs is 5. The summed E-state index contributed by atoms with van der Waals surface area (Å²) < 4.78 is 33.1. The summed E-state index contributed by atoms with van der Waals surface area (Å²) in [6.07, 6.45) is 1.51. The second-order valence-electron chi connectivity index (χ2n) is 17.8. The third kappa shape index (κ3) is 10.6. The Morgan fingerprint density at radius 3 is 2.57 bits per heavy atom. The summed E-state index contributed by atoms with van der Waals surface area (Å²) in [5.74, 6) is -3.02. The van der Waals surface area contributed by atoms with Gasteiger partial charge in [-0.25, -0.2) is 19.0 Å². The molecular weight excluding hydrogens is 896 g/mol. The molecule has 3 aliphatic rings. The summed E-state index contributed by atoms with van der Waals surface area (Å²) in [6.45, 7) is 7.26. The van der Waals surface area contributed by atoms with Crippen molar-refractivity contribution in [3.05, 3.63) is 102 Å². The first-order valence-electron chi connectivity index (χ1n) is 23.1. The van der Waals surface area contributed by atoms with Crippen LogP contribution in [0.5, 0.6) is 0 Å². The van der Waals surface area contributed by atoms with Crippen LogP contribution in [0.2, 0.25) is 0 Å². The Balaban J connectivity index is 1.01. The van der Waals surface area contributed by atoms with E-state index in [2.05, 4.69) is 31.3 Å². The van der Waals surface area contributed by atoms with Crippen molar-refractivity contribution < 1.29 is 47.7 Å². The van der Waals surface area contributed by atoms with E-state index in [9.17, 15) is 33.9 Å². The van der Waals surface area contributed by atoms with Crippen LogP contribution < -0.4 is 32.6 Å². The molecule has 0 unspecified atom stereocenters. The van der Waals surface area contributed by atoms with Crippen molar-refractivity contribution in [1.82, 2.24) is 25.5 Å². The minimum Gasteiger partial charge on any atom is -0.458 e. The highest BCUT2D eigenvalue weighted by Gasteiger charge is 2.46. The number of azide groups is 1.